The van der Waals surface area contributed by atoms with Gasteiger partial charge in [-0.3, -0.25) is 9.59 Å². The Morgan fingerprint density at radius 2 is 1.35 bits per heavy atom. The van der Waals surface area contributed by atoms with E-state index in [4.69, 9.17) is 0 Å². The van der Waals surface area contributed by atoms with Crippen molar-refractivity contribution < 1.29 is 9.59 Å². The summed E-state index contributed by atoms with van der Waals surface area (Å²) < 4.78 is 0. The second-order valence-corrected chi connectivity index (χ2v) is 9.81. The molecule has 0 bridgehead atoms. The molecular weight excluding hydrogens is 422 g/mol. The molecule has 0 aromatic heterocycles. The second-order valence-electron chi connectivity index (χ2n) is 9.81. The number of aryl methyl sites for hydroxylation is 1. The van der Waals surface area contributed by atoms with E-state index in [1.165, 1.54) is 83.5 Å². The van der Waals surface area contributed by atoms with Crippen molar-refractivity contribution in [2.75, 3.05) is 32.5 Å². The van der Waals surface area contributed by atoms with Gasteiger partial charge in [-0.2, -0.15) is 0 Å². The average molecular weight is 474 g/mol. The van der Waals surface area contributed by atoms with Crippen molar-refractivity contribution in [2.24, 2.45) is 0 Å². The van der Waals surface area contributed by atoms with Gasteiger partial charge in [-0.15, -0.1) is 0 Å². The van der Waals surface area contributed by atoms with Crippen molar-refractivity contribution in [3.8, 4) is 0 Å². The van der Waals surface area contributed by atoms with Gasteiger partial charge in [-0.05, 0) is 37.1 Å². The average Bonchev–Trinajstić information content (AvgIpc) is 2.82. The van der Waals surface area contributed by atoms with Gasteiger partial charge < -0.3 is 15.5 Å². The van der Waals surface area contributed by atoms with Gasteiger partial charge in [0.05, 0.1) is 6.54 Å². The lowest BCUT2D eigenvalue weighted by Gasteiger charge is -2.11. The van der Waals surface area contributed by atoms with Crippen molar-refractivity contribution >= 4 is 17.5 Å². The Kier molecular flexibility index (Phi) is 18.2. The summed E-state index contributed by atoms with van der Waals surface area (Å²) in [6, 6.07) is 7.76. The van der Waals surface area contributed by atoms with Crippen molar-refractivity contribution in [1.29, 1.82) is 0 Å². The first kappa shape index (κ1) is 30.2. The van der Waals surface area contributed by atoms with Crippen LogP contribution in [0.1, 0.15) is 109 Å². The minimum atomic E-state index is -0.0214. The molecule has 34 heavy (non-hydrogen) atoms. The summed E-state index contributed by atoms with van der Waals surface area (Å²) in [6.07, 6.45) is 20.2. The van der Waals surface area contributed by atoms with Gasteiger partial charge >= 0.3 is 0 Å². The first-order chi connectivity index (χ1) is 16.5. The molecule has 0 aliphatic rings. The molecule has 0 aliphatic heterocycles. The van der Waals surface area contributed by atoms with E-state index >= 15 is 0 Å². The number of nitrogens with one attached hydrogen (secondary N) is 2. The number of benzene rings is 1. The number of hydrogen-bond acceptors (Lipinski definition) is 3. The fourth-order valence-electron chi connectivity index (χ4n) is 4.13. The molecule has 194 valence electrons. The van der Waals surface area contributed by atoms with E-state index < -0.39 is 0 Å². The fourth-order valence-corrected chi connectivity index (χ4v) is 4.13. The van der Waals surface area contributed by atoms with E-state index in [9.17, 15) is 9.59 Å². The van der Waals surface area contributed by atoms with Crippen LogP contribution in [0.15, 0.2) is 24.3 Å². The summed E-state index contributed by atoms with van der Waals surface area (Å²) in [5.74, 6) is 0.0917. The maximum absolute atomic E-state index is 12.2. The van der Waals surface area contributed by atoms with Crippen LogP contribution in [0.2, 0.25) is 0 Å². The van der Waals surface area contributed by atoms with E-state index in [1.54, 1.807) is 19.0 Å². The Labute approximate surface area is 209 Å². The third kappa shape index (κ3) is 16.7. The molecule has 0 unspecified atom stereocenters. The standard InChI is InChI=1S/C29H51N3O2/c1-4-5-6-7-8-9-10-11-12-13-14-15-16-17-23-30-25-28(33)31-27-20-18-19-26(24-27)21-22-29(34)32(2)3/h18-20,24,30H,4-17,21-23,25H2,1-3H3,(H,31,33). The number of unbranched alkanes of at least 4 members (excludes halogenated alkanes) is 13. The zero-order valence-electron chi connectivity index (χ0n) is 22.3. The summed E-state index contributed by atoms with van der Waals surface area (Å²) in [5.41, 5.74) is 1.85. The van der Waals surface area contributed by atoms with Gasteiger partial charge in [0.25, 0.3) is 0 Å². The molecule has 0 heterocycles. The summed E-state index contributed by atoms with van der Waals surface area (Å²) >= 11 is 0. The zero-order chi connectivity index (χ0) is 24.9. The highest BCUT2D eigenvalue weighted by Crippen LogP contribution is 2.14. The highest BCUT2D eigenvalue weighted by molar-refractivity contribution is 5.92. The van der Waals surface area contributed by atoms with Crippen LogP contribution in [0.5, 0.6) is 0 Å². The van der Waals surface area contributed by atoms with Crippen molar-refractivity contribution in [1.82, 2.24) is 10.2 Å². The molecule has 0 radical (unpaired) electrons. The third-order valence-electron chi connectivity index (χ3n) is 6.33. The van der Waals surface area contributed by atoms with E-state index in [2.05, 4.69) is 17.6 Å². The SMILES string of the molecule is CCCCCCCCCCCCCCCCNCC(=O)Nc1cccc(CCC(=O)N(C)C)c1. The summed E-state index contributed by atoms with van der Waals surface area (Å²) in [6.45, 7) is 3.50. The molecule has 1 aromatic carbocycles. The van der Waals surface area contributed by atoms with Crippen LogP contribution in [0.25, 0.3) is 0 Å². The highest BCUT2D eigenvalue weighted by Gasteiger charge is 2.06. The normalized spacial score (nSPS) is 10.9. The molecule has 5 heteroatoms. The lowest BCUT2D eigenvalue weighted by Crippen LogP contribution is -2.28. The monoisotopic (exact) mass is 473 g/mol. The third-order valence-corrected chi connectivity index (χ3v) is 6.33. The smallest absolute Gasteiger partial charge is 0.238 e. The largest absolute Gasteiger partial charge is 0.349 e. The maximum atomic E-state index is 12.2. The van der Waals surface area contributed by atoms with E-state index in [-0.39, 0.29) is 11.8 Å². The Balaban J connectivity index is 1.96. The van der Waals surface area contributed by atoms with Crippen LogP contribution in [-0.2, 0) is 16.0 Å². The van der Waals surface area contributed by atoms with Gasteiger partial charge in [0, 0.05) is 26.2 Å². The molecule has 1 aromatic rings. The van der Waals surface area contributed by atoms with Gasteiger partial charge in [-0.25, -0.2) is 0 Å². The zero-order valence-corrected chi connectivity index (χ0v) is 22.3. The van der Waals surface area contributed by atoms with E-state index in [1.807, 2.05) is 24.3 Å². The number of rotatable bonds is 21. The molecular formula is C29H51N3O2. The number of carbonyl (C=O) groups is 2. The Bertz CT molecular complexity index is 661. The first-order valence-electron chi connectivity index (χ1n) is 13.8. The lowest BCUT2D eigenvalue weighted by molar-refractivity contribution is -0.128. The molecule has 0 atom stereocenters. The minimum Gasteiger partial charge on any atom is -0.349 e. The van der Waals surface area contributed by atoms with Gasteiger partial charge in [0.1, 0.15) is 0 Å². The van der Waals surface area contributed by atoms with Crippen LogP contribution in [-0.4, -0.2) is 43.9 Å². The molecule has 0 spiro atoms. The van der Waals surface area contributed by atoms with Gasteiger partial charge in [0.2, 0.25) is 11.8 Å². The Hall–Kier alpha value is -1.88. The summed E-state index contributed by atoms with van der Waals surface area (Å²) in [5, 5.41) is 6.20. The van der Waals surface area contributed by atoms with Crippen molar-refractivity contribution in [3.63, 3.8) is 0 Å². The highest BCUT2D eigenvalue weighted by atomic mass is 16.2. The molecule has 0 saturated heterocycles. The van der Waals surface area contributed by atoms with Gasteiger partial charge in [-0.1, -0.05) is 103 Å². The van der Waals surface area contributed by atoms with Crippen LogP contribution >= 0.6 is 0 Å². The van der Waals surface area contributed by atoms with E-state index in [0.29, 0.717) is 19.4 Å². The predicted octanol–water partition coefficient (Wildman–Crippen LogP) is 6.72. The quantitative estimate of drug-likeness (QED) is 0.195. The molecule has 0 saturated carbocycles. The number of amides is 2. The molecule has 5 nitrogen and oxygen atoms in total. The number of hydrogen-bond donors (Lipinski definition) is 2. The number of anilines is 1. The van der Waals surface area contributed by atoms with Crippen molar-refractivity contribution in [2.45, 2.75) is 110 Å². The molecule has 0 aliphatic carbocycles. The van der Waals surface area contributed by atoms with E-state index in [0.717, 1.165) is 24.2 Å². The maximum Gasteiger partial charge on any atom is 0.238 e. The molecule has 1 rings (SSSR count). The lowest BCUT2D eigenvalue weighted by atomic mass is 10.0. The molecule has 0 fully saturated rings. The topological polar surface area (TPSA) is 61.4 Å². The molecule has 2 N–H and O–H groups in total. The number of nitrogens with zero attached hydrogens (tertiary/aromatic N) is 1. The van der Waals surface area contributed by atoms with Crippen LogP contribution in [0.3, 0.4) is 0 Å². The summed E-state index contributed by atoms with van der Waals surface area (Å²) in [7, 11) is 3.54. The summed E-state index contributed by atoms with van der Waals surface area (Å²) in [4.78, 5) is 25.6. The van der Waals surface area contributed by atoms with Gasteiger partial charge in [0.15, 0.2) is 0 Å². The number of carbonyl (C=O) groups excluding carboxylic acids is 2. The first-order valence-corrected chi connectivity index (χ1v) is 13.8. The fraction of sp³-hybridized carbons (Fsp3) is 0.724. The van der Waals surface area contributed by atoms with Crippen LogP contribution in [0.4, 0.5) is 5.69 Å². The van der Waals surface area contributed by atoms with Crippen LogP contribution < -0.4 is 10.6 Å². The Morgan fingerprint density at radius 3 is 1.91 bits per heavy atom. The molecule has 2 amide bonds. The van der Waals surface area contributed by atoms with Crippen LogP contribution in [0, 0.1) is 0 Å². The predicted molar refractivity (Wildman–Crippen MR) is 145 cm³/mol. The minimum absolute atomic E-state index is 0.0214. The Morgan fingerprint density at radius 1 is 0.794 bits per heavy atom. The second kappa shape index (κ2) is 20.5. The van der Waals surface area contributed by atoms with Crippen molar-refractivity contribution in [3.05, 3.63) is 29.8 Å².